The van der Waals surface area contributed by atoms with Crippen molar-refractivity contribution in [2.75, 3.05) is 7.05 Å². The minimum Gasteiger partial charge on any atom is -0.309 e. The lowest BCUT2D eigenvalue weighted by Crippen LogP contribution is -2.16. The fourth-order valence-corrected chi connectivity index (χ4v) is 3.81. The molecule has 0 spiro atoms. The van der Waals surface area contributed by atoms with Gasteiger partial charge in [-0.25, -0.2) is 0 Å². The summed E-state index contributed by atoms with van der Waals surface area (Å²) in [4.78, 5) is 2.67. The highest BCUT2D eigenvalue weighted by atomic mass is 127. The monoisotopic (exact) mass is 421 g/mol. The Morgan fingerprint density at radius 1 is 1.29 bits per heavy atom. The summed E-state index contributed by atoms with van der Waals surface area (Å²) >= 11 is 7.74. The van der Waals surface area contributed by atoms with Gasteiger partial charge in [0.05, 0.1) is 6.04 Å². The lowest BCUT2D eigenvalue weighted by Gasteiger charge is -2.15. The maximum atomic E-state index is 3.58. The molecule has 90 valence electrons. The van der Waals surface area contributed by atoms with Crippen LogP contribution in [0.2, 0.25) is 0 Å². The van der Waals surface area contributed by atoms with Crippen LogP contribution < -0.4 is 5.32 Å². The third kappa shape index (κ3) is 3.10. The van der Waals surface area contributed by atoms with Crippen LogP contribution in [0, 0.1) is 10.5 Å². The number of hydrogen-bond donors (Lipinski definition) is 1. The van der Waals surface area contributed by atoms with E-state index in [1.807, 2.05) is 18.4 Å². The van der Waals surface area contributed by atoms with Crippen LogP contribution in [-0.2, 0) is 0 Å². The van der Waals surface area contributed by atoms with Gasteiger partial charge in [-0.2, -0.15) is 0 Å². The molecule has 17 heavy (non-hydrogen) atoms. The summed E-state index contributed by atoms with van der Waals surface area (Å²) in [5, 5.41) is 3.38. The van der Waals surface area contributed by atoms with Gasteiger partial charge in [0, 0.05) is 17.8 Å². The number of benzene rings is 1. The molecule has 1 aromatic heterocycles. The molecule has 2 rings (SSSR count). The van der Waals surface area contributed by atoms with Gasteiger partial charge < -0.3 is 5.32 Å². The number of aryl methyl sites for hydroxylation is 1. The van der Waals surface area contributed by atoms with Crippen LogP contribution in [0.25, 0.3) is 0 Å². The van der Waals surface area contributed by atoms with Gasteiger partial charge in [0.15, 0.2) is 0 Å². The van der Waals surface area contributed by atoms with Gasteiger partial charge in [0.25, 0.3) is 0 Å². The first-order valence-electron chi connectivity index (χ1n) is 5.30. The quantitative estimate of drug-likeness (QED) is 0.706. The molecule has 4 heteroatoms. The molecular weight excluding hydrogens is 409 g/mol. The first kappa shape index (κ1) is 13.5. The first-order chi connectivity index (χ1) is 8.11. The SMILES string of the molecule is CNC(c1ccc(I)cc1)c1cc(Br)c(C)s1. The highest BCUT2D eigenvalue weighted by Crippen LogP contribution is 2.33. The second-order valence-electron chi connectivity index (χ2n) is 3.83. The Balaban J connectivity index is 2.36. The van der Waals surface area contributed by atoms with Crippen molar-refractivity contribution in [2.24, 2.45) is 0 Å². The number of hydrogen-bond acceptors (Lipinski definition) is 2. The Bertz CT molecular complexity index is 487. The van der Waals surface area contributed by atoms with E-state index in [2.05, 4.69) is 81.1 Å². The van der Waals surface area contributed by atoms with Crippen LogP contribution in [0.1, 0.15) is 21.4 Å². The van der Waals surface area contributed by atoms with E-state index in [0.29, 0.717) is 0 Å². The molecule has 0 fully saturated rings. The molecule has 0 aliphatic carbocycles. The van der Waals surface area contributed by atoms with E-state index in [9.17, 15) is 0 Å². The minimum atomic E-state index is 0.280. The molecular formula is C13H13BrINS. The van der Waals surface area contributed by atoms with Crippen molar-refractivity contribution in [3.8, 4) is 0 Å². The first-order valence-corrected chi connectivity index (χ1v) is 7.99. The fraction of sp³-hybridized carbons (Fsp3) is 0.231. The maximum Gasteiger partial charge on any atom is 0.0669 e. The van der Waals surface area contributed by atoms with Crippen LogP contribution in [0.15, 0.2) is 34.8 Å². The Morgan fingerprint density at radius 3 is 2.41 bits per heavy atom. The molecule has 0 amide bonds. The fourth-order valence-electron chi connectivity index (χ4n) is 1.75. The standard InChI is InChI=1S/C13H13BrINS/c1-8-11(14)7-12(17-8)13(16-2)9-3-5-10(15)6-4-9/h3-7,13,16H,1-2H3. The second-order valence-corrected chi connectivity index (χ2v) is 7.21. The average Bonchev–Trinajstić information content (AvgIpc) is 2.63. The predicted octanol–water partition coefficient (Wildman–Crippen LogP) is 4.73. The normalized spacial score (nSPS) is 12.7. The van der Waals surface area contributed by atoms with E-state index >= 15 is 0 Å². The number of nitrogens with one attached hydrogen (secondary N) is 1. The molecule has 0 bridgehead atoms. The van der Waals surface area contributed by atoms with Crippen molar-refractivity contribution in [1.82, 2.24) is 5.32 Å². The Labute approximate surface area is 128 Å². The van der Waals surface area contributed by atoms with E-state index < -0.39 is 0 Å². The van der Waals surface area contributed by atoms with Crippen molar-refractivity contribution in [3.05, 3.63) is 53.7 Å². The van der Waals surface area contributed by atoms with Gasteiger partial charge in [0.2, 0.25) is 0 Å². The van der Waals surface area contributed by atoms with Crippen molar-refractivity contribution in [1.29, 1.82) is 0 Å². The molecule has 0 radical (unpaired) electrons. The number of halogens is 2. The van der Waals surface area contributed by atoms with Crippen LogP contribution in [0.3, 0.4) is 0 Å². The largest absolute Gasteiger partial charge is 0.309 e. The van der Waals surface area contributed by atoms with E-state index in [0.717, 1.165) is 0 Å². The van der Waals surface area contributed by atoms with Gasteiger partial charge >= 0.3 is 0 Å². The summed E-state index contributed by atoms with van der Waals surface area (Å²) in [5.74, 6) is 0. The predicted molar refractivity (Wildman–Crippen MR) is 86.8 cm³/mol. The van der Waals surface area contributed by atoms with E-state index in [1.165, 1.54) is 23.4 Å². The van der Waals surface area contributed by atoms with Crippen LogP contribution in [-0.4, -0.2) is 7.05 Å². The molecule has 1 unspecified atom stereocenters. The summed E-state index contributed by atoms with van der Waals surface area (Å²) in [6, 6.07) is 11.2. The molecule has 1 N–H and O–H groups in total. The van der Waals surface area contributed by atoms with E-state index in [4.69, 9.17) is 0 Å². The summed E-state index contributed by atoms with van der Waals surface area (Å²) < 4.78 is 2.47. The summed E-state index contributed by atoms with van der Waals surface area (Å²) in [5.41, 5.74) is 1.31. The topological polar surface area (TPSA) is 12.0 Å². The molecule has 1 aromatic carbocycles. The lowest BCUT2D eigenvalue weighted by atomic mass is 10.1. The van der Waals surface area contributed by atoms with Crippen LogP contribution >= 0.6 is 49.9 Å². The lowest BCUT2D eigenvalue weighted by molar-refractivity contribution is 0.703. The molecule has 1 atom stereocenters. The average molecular weight is 422 g/mol. The van der Waals surface area contributed by atoms with E-state index in [1.54, 1.807) is 0 Å². The van der Waals surface area contributed by atoms with Gasteiger partial charge in [-0.15, -0.1) is 11.3 Å². The zero-order chi connectivity index (χ0) is 12.4. The maximum absolute atomic E-state index is 3.58. The van der Waals surface area contributed by atoms with Gasteiger partial charge in [-0.1, -0.05) is 12.1 Å². The summed E-state index contributed by atoms with van der Waals surface area (Å²) in [6.07, 6.45) is 0. The smallest absolute Gasteiger partial charge is 0.0669 e. The number of rotatable bonds is 3. The number of thiophene rings is 1. The van der Waals surface area contributed by atoms with Crippen molar-refractivity contribution < 1.29 is 0 Å². The molecule has 0 saturated heterocycles. The summed E-state index contributed by atoms with van der Waals surface area (Å²) in [7, 11) is 2.01. The third-order valence-corrected chi connectivity index (χ3v) is 5.57. The highest BCUT2D eigenvalue weighted by molar-refractivity contribution is 14.1. The minimum absolute atomic E-state index is 0.280. The van der Waals surface area contributed by atoms with Crippen molar-refractivity contribution in [2.45, 2.75) is 13.0 Å². The zero-order valence-electron chi connectivity index (χ0n) is 9.63. The Morgan fingerprint density at radius 2 is 1.94 bits per heavy atom. The van der Waals surface area contributed by atoms with Crippen molar-refractivity contribution >= 4 is 49.9 Å². The Kier molecular flexibility index (Phi) is 4.63. The second kappa shape index (κ2) is 5.82. The van der Waals surface area contributed by atoms with Crippen LogP contribution in [0.5, 0.6) is 0 Å². The zero-order valence-corrected chi connectivity index (χ0v) is 14.2. The van der Waals surface area contributed by atoms with Gasteiger partial charge in [-0.3, -0.25) is 0 Å². The molecule has 0 aliphatic rings. The molecule has 1 heterocycles. The molecule has 0 saturated carbocycles. The van der Waals surface area contributed by atoms with Gasteiger partial charge in [-0.05, 0) is 76.3 Å². The van der Waals surface area contributed by atoms with Gasteiger partial charge in [0.1, 0.15) is 0 Å². The summed E-state index contributed by atoms with van der Waals surface area (Å²) in [6.45, 7) is 2.14. The molecule has 1 nitrogen and oxygen atoms in total. The third-order valence-electron chi connectivity index (χ3n) is 2.65. The molecule has 2 aromatic rings. The van der Waals surface area contributed by atoms with Crippen LogP contribution in [0.4, 0.5) is 0 Å². The Hall–Kier alpha value is 0.0900. The van der Waals surface area contributed by atoms with Crippen molar-refractivity contribution in [3.63, 3.8) is 0 Å². The highest BCUT2D eigenvalue weighted by Gasteiger charge is 2.15. The van der Waals surface area contributed by atoms with E-state index in [-0.39, 0.29) is 6.04 Å². The molecule has 0 aliphatic heterocycles.